The molecule has 0 aromatic heterocycles. The van der Waals surface area contributed by atoms with Crippen LogP contribution in [0.5, 0.6) is 0 Å². The number of nitrogens with zero attached hydrogens (tertiary/aromatic N) is 1. The molecule has 1 amide bonds. The van der Waals surface area contributed by atoms with Crippen molar-refractivity contribution in [2.75, 3.05) is 31.1 Å². The lowest BCUT2D eigenvalue weighted by Gasteiger charge is -2.19. The van der Waals surface area contributed by atoms with Crippen LogP contribution < -0.4 is 16.0 Å². The molecule has 1 aliphatic heterocycles. The van der Waals surface area contributed by atoms with Gasteiger partial charge in [0.15, 0.2) is 0 Å². The van der Waals surface area contributed by atoms with Gasteiger partial charge < -0.3 is 16.0 Å². The van der Waals surface area contributed by atoms with Crippen LogP contribution >= 0.6 is 0 Å². The average Bonchev–Trinajstić information content (AvgIpc) is 2.76. The molecule has 0 saturated carbocycles. The Kier molecular flexibility index (Phi) is 4.80. The standard InChI is InChI=1S/C15H23N3O/c1-2-17-15(19)8-10-18-11-12(7-9-16)13-5-3-4-6-14(13)18/h3-6,12H,2,7-11,16H2,1H3,(H,17,19). The summed E-state index contributed by atoms with van der Waals surface area (Å²) in [5, 5.41) is 2.84. The molecule has 0 radical (unpaired) electrons. The van der Waals surface area contributed by atoms with Gasteiger partial charge in [-0.1, -0.05) is 18.2 Å². The van der Waals surface area contributed by atoms with Gasteiger partial charge in [-0.15, -0.1) is 0 Å². The van der Waals surface area contributed by atoms with Crippen LogP contribution in [0.3, 0.4) is 0 Å². The van der Waals surface area contributed by atoms with E-state index in [4.69, 9.17) is 5.73 Å². The number of carbonyl (C=O) groups excluding carboxylic acids is 1. The maximum atomic E-state index is 11.6. The van der Waals surface area contributed by atoms with Crippen LogP contribution in [0.2, 0.25) is 0 Å². The van der Waals surface area contributed by atoms with Crippen LogP contribution in [-0.4, -0.2) is 32.1 Å². The molecule has 4 nitrogen and oxygen atoms in total. The Morgan fingerprint density at radius 2 is 2.26 bits per heavy atom. The Morgan fingerprint density at radius 3 is 3.00 bits per heavy atom. The lowest BCUT2D eigenvalue weighted by Crippen LogP contribution is -2.30. The van der Waals surface area contributed by atoms with Crippen molar-refractivity contribution < 1.29 is 4.79 Å². The number of benzene rings is 1. The summed E-state index contributed by atoms with van der Waals surface area (Å²) >= 11 is 0. The molecular formula is C15H23N3O. The summed E-state index contributed by atoms with van der Waals surface area (Å²) in [6, 6.07) is 8.46. The number of anilines is 1. The van der Waals surface area contributed by atoms with Crippen molar-refractivity contribution in [3.05, 3.63) is 29.8 Å². The highest BCUT2D eigenvalue weighted by atomic mass is 16.1. The Hall–Kier alpha value is -1.55. The second-order valence-electron chi connectivity index (χ2n) is 4.98. The number of rotatable bonds is 6. The van der Waals surface area contributed by atoms with Crippen molar-refractivity contribution in [3.63, 3.8) is 0 Å². The van der Waals surface area contributed by atoms with Crippen molar-refractivity contribution in [1.29, 1.82) is 0 Å². The van der Waals surface area contributed by atoms with E-state index in [0.717, 1.165) is 19.5 Å². The van der Waals surface area contributed by atoms with E-state index in [1.165, 1.54) is 11.3 Å². The number of hydrogen-bond donors (Lipinski definition) is 2. The van der Waals surface area contributed by atoms with Gasteiger partial charge in [-0.25, -0.2) is 0 Å². The SMILES string of the molecule is CCNC(=O)CCN1CC(CCN)c2ccccc21. The van der Waals surface area contributed by atoms with Gasteiger partial charge in [0.25, 0.3) is 0 Å². The smallest absolute Gasteiger partial charge is 0.221 e. The van der Waals surface area contributed by atoms with Crippen molar-refractivity contribution in [1.82, 2.24) is 5.32 Å². The highest BCUT2D eigenvalue weighted by Crippen LogP contribution is 2.37. The fourth-order valence-corrected chi connectivity index (χ4v) is 2.77. The number of nitrogens with one attached hydrogen (secondary N) is 1. The Morgan fingerprint density at radius 1 is 1.47 bits per heavy atom. The van der Waals surface area contributed by atoms with E-state index < -0.39 is 0 Å². The van der Waals surface area contributed by atoms with Gasteiger partial charge in [0.2, 0.25) is 5.91 Å². The van der Waals surface area contributed by atoms with Gasteiger partial charge in [-0.05, 0) is 31.5 Å². The lowest BCUT2D eigenvalue weighted by molar-refractivity contribution is -0.120. The number of hydrogen-bond acceptors (Lipinski definition) is 3. The molecule has 0 aliphatic carbocycles. The molecule has 1 atom stereocenters. The molecule has 0 bridgehead atoms. The van der Waals surface area contributed by atoms with Gasteiger partial charge in [0, 0.05) is 37.7 Å². The van der Waals surface area contributed by atoms with E-state index in [-0.39, 0.29) is 5.91 Å². The predicted octanol–water partition coefficient (Wildman–Crippen LogP) is 1.47. The largest absolute Gasteiger partial charge is 0.370 e. The molecule has 0 fully saturated rings. The predicted molar refractivity (Wildman–Crippen MR) is 78.4 cm³/mol. The van der Waals surface area contributed by atoms with Crippen LogP contribution in [0.1, 0.15) is 31.2 Å². The molecule has 19 heavy (non-hydrogen) atoms. The zero-order valence-corrected chi connectivity index (χ0v) is 11.6. The van der Waals surface area contributed by atoms with E-state index in [0.29, 0.717) is 25.4 Å². The molecule has 1 aliphatic rings. The zero-order valence-electron chi connectivity index (χ0n) is 11.6. The topological polar surface area (TPSA) is 58.4 Å². The van der Waals surface area contributed by atoms with Crippen LogP contribution in [0, 0.1) is 0 Å². The first-order chi connectivity index (χ1) is 9.26. The third-order valence-corrected chi connectivity index (χ3v) is 3.66. The van der Waals surface area contributed by atoms with Gasteiger partial charge in [0.1, 0.15) is 0 Å². The van der Waals surface area contributed by atoms with Crippen LogP contribution in [0.15, 0.2) is 24.3 Å². The monoisotopic (exact) mass is 261 g/mol. The first-order valence-corrected chi connectivity index (χ1v) is 7.07. The summed E-state index contributed by atoms with van der Waals surface area (Å²) in [4.78, 5) is 13.9. The molecule has 4 heteroatoms. The van der Waals surface area contributed by atoms with E-state index in [9.17, 15) is 4.79 Å². The molecule has 2 rings (SSSR count). The number of carbonyl (C=O) groups is 1. The molecule has 3 N–H and O–H groups in total. The fraction of sp³-hybridized carbons (Fsp3) is 0.533. The van der Waals surface area contributed by atoms with E-state index in [1.54, 1.807) is 0 Å². The van der Waals surface area contributed by atoms with Crippen LogP contribution in [0.25, 0.3) is 0 Å². The van der Waals surface area contributed by atoms with Gasteiger partial charge >= 0.3 is 0 Å². The maximum Gasteiger partial charge on any atom is 0.221 e. The first kappa shape index (κ1) is 13.9. The summed E-state index contributed by atoms with van der Waals surface area (Å²) < 4.78 is 0. The van der Waals surface area contributed by atoms with E-state index >= 15 is 0 Å². The minimum absolute atomic E-state index is 0.127. The van der Waals surface area contributed by atoms with Crippen molar-refractivity contribution in [2.24, 2.45) is 5.73 Å². The number of nitrogens with two attached hydrogens (primary N) is 1. The normalized spacial score (nSPS) is 17.4. The summed E-state index contributed by atoms with van der Waals surface area (Å²) in [7, 11) is 0. The number of fused-ring (bicyclic) bond motifs is 1. The molecule has 1 heterocycles. The highest BCUT2D eigenvalue weighted by molar-refractivity contribution is 5.76. The first-order valence-electron chi connectivity index (χ1n) is 7.07. The Balaban J connectivity index is 2.01. The second kappa shape index (κ2) is 6.57. The minimum atomic E-state index is 0.127. The Bertz CT molecular complexity index is 433. The van der Waals surface area contributed by atoms with E-state index in [2.05, 4.69) is 34.5 Å². The van der Waals surface area contributed by atoms with Crippen molar-refractivity contribution >= 4 is 11.6 Å². The summed E-state index contributed by atoms with van der Waals surface area (Å²) in [5.41, 5.74) is 8.34. The third-order valence-electron chi connectivity index (χ3n) is 3.66. The molecule has 1 aromatic carbocycles. The lowest BCUT2D eigenvalue weighted by atomic mass is 9.98. The maximum absolute atomic E-state index is 11.6. The van der Waals surface area contributed by atoms with Crippen LogP contribution in [-0.2, 0) is 4.79 Å². The number of para-hydroxylation sites is 1. The highest BCUT2D eigenvalue weighted by Gasteiger charge is 2.27. The Labute approximate surface area is 115 Å². The van der Waals surface area contributed by atoms with E-state index in [1.807, 2.05) is 6.92 Å². The number of amides is 1. The quantitative estimate of drug-likeness (QED) is 0.815. The van der Waals surface area contributed by atoms with Gasteiger partial charge in [-0.2, -0.15) is 0 Å². The third kappa shape index (κ3) is 3.26. The zero-order chi connectivity index (χ0) is 13.7. The fourth-order valence-electron chi connectivity index (χ4n) is 2.77. The molecule has 104 valence electrons. The molecule has 1 unspecified atom stereocenters. The van der Waals surface area contributed by atoms with Gasteiger partial charge in [0.05, 0.1) is 0 Å². The van der Waals surface area contributed by atoms with Crippen molar-refractivity contribution in [2.45, 2.75) is 25.7 Å². The molecule has 1 aromatic rings. The second-order valence-corrected chi connectivity index (χ2v) is 4.98. The minimum Gasteiger partial charge on any atom is -0.370 e. The summed E-state index contributed by atoms with van der Waals surface area (Å²) in [6.45, 7) is 5.12. The van der Waals surface area contributed by atoms with Crippen molar-refractivity contribution in [3.8, 4) is 0 Å². The molecule has 0 spiro atoms. The molecular weight excluding hydrogens is 238 g/mol. The summed E-state index contributed by atoms with van der Waals surface area (Å²) in [5.74, 6) is 0.637. The molecule has 0 saturated heterocycles. The van der Waals surface area contributed by atoms with Crippen LogP contribution in [0.4, 0.5) is 5.69 Å². The summed E-state index contributed by atoms with van der Waals surface area (Å²) in [6.07, 6.45) is 1.56. The van der Waals surface area contributed by atoms with Gasteiger partial charge in [-0.3, -0.25) is 4.79 Å². The average molecular weight is 261 g/mol.